The van der Waals surface area contributed by atoms with Crippen molar-refractivity contribution in [1.29, 1.82) is 0 Å². The van der Waals surface area contributed by atoms with E-state index in [0.717, 1.165) is 24.8 Å². The van der Waals surface area contributed by atoms with Gasteiger partial charge in [0.05, 0.1) is 5.69 Å². The Morgan fingerprint density at radius 1 is 1.37 bits per heavy atom. The molecule has 0 atom stereocenters. The Morgan fingerprint density at radius 2 is 2.05 bits per heavy atom. The van der Waals surface area contributed by atoms with Crippen LogP contribution in [0.3, 0.4) is 0 Å². The lowest BCUT2D eigenvalue weighted by Gasteiger charge is -2.18. The molecule has 0 aromatic heterocycles. The number of phenols is 1. The predicted molar refractivity (Wildman–Crippen MR) is 82.1 cm³/mol. The molecule has 3 nitrogen and oxygen atoms in total. The number of allylic oxidation sites excluding steroid dienone is 1. The van der Waals surface area contributed by atoms with E-state index in [0.29, 0.717) is 11.6 Å². The highest BCUT2D eigenvalue weighted by Gasteiger charge is 2.09. The number of benzene rings is 1. The van der Waals surface area contributed by atoms with E-state index < -0.39 is 0 Å². The van der Waals surface area contributed by atoms with Gasteiger partial charge in [0, 0.05) is 6.20 Å². The molecule has 0 aliphatic rings. The van der Waals surface area contributed by atoms with Crippen LogP contribution in [0, 0.1) is 0 Å². The van der Waals surface area contributed by atoms with Crippen LogP contribution in [0.1, 0.15) is 58.4 Å². The molecule has 0 aliphatic carbocycles. The van der Waals surface area contributed by atoms with E-state index in [2.05, 4.69) is 27.7 Å². The molecule has 0 spiro atoms. The summed E-state index contributed by atoms with van der Waals surface area (Å²) >= 11 is 0. The van der Waals surface area contributed by atoms with Gasteiger partial charge in [-0.25, -0.2) is 5.84 Å². The number of nitrogens with zero attached hydrogens (tertiary/aromatic N) is 1. The highest BCUT2D eigenvalue weighted by molar-refractivity contribution is 5.60. The molecular weight excluding hydrogens is 236 g/mol. The van der Waals surface area contributed by atoms with E-state index in [-0.39, 0.29) is 5.75 Å². The van der Waals surface area contributed by atoms with E-state index in [1.165, 1.54) is 10.6 Å². The smallest absolute Gasteiger partial charge is 0.140 e. The number of rotatable bonds is 6. The Hall–Kier alpha value is -1.48. The van der Waals surface area contributed by atoms with Crippen LogP contribution in [0.5, 0.6) is 5.75 Å². The Balaban J connectivity index is 2.96. The molecule has 0 amide bonds. The maximum absolute atomic E-state index is 10.1. The van der Waals surface area contributed by atoms with Gasteiger partial charge in [-0.3, -0.25) is 5.01 Å². The zero-order valence-corrected chi connectivity index (χ0v) is 12.5. The van der Waals surface area contributed by atoms with Gasteiger partial charge in [-0.15, -0.1) is 0 Å². The van der Waals surface area contributed by atoms with Crippen LogP contribution in [0.15, 0.2) is 30.0 Å². The molecule has 1 rings (SSSR count). The quantitative estimate of drug-likeness (QED) is 0.594. The number of anilines is 1. The average molecular weight is 262 g/mol. The molecule has 3 heteroatoms. The lowest BCUT2D eigenvalue weighted by atomic mass is 10.0. The Bertz CT molecular complexity index is 438. The second-order valence-corrected chi connectivity index (χ2v) is 5.20. The van der Waals surface area contributed by atoms with Crippen molar-refractivity contribution < 1.29 is 5.11 Å². The Labute approximate surface area is 116 Å². The second-order valence-electron chi connectivity index (χ2n) is 5.20. The van der Waals surface area contributed by atoms with Crippen LogP contribution in [-0.2, 0) is 0 Å². The summed E-state index contributed by atoms with van der Waals surface area (Å²) in [6.45, 7) is 8.48. The Morgan fingerprint density at radius 3 is 2.53 bits per heavy atom. The summed E-state index contributed by atoms with van der Waals surface area (Å²) < 4.78 is 0. The molecule has 1 aromatic rings. The molecule has 0 unspecified atom stereocenters. The first kappa shape index (κ1) is 15.6. The van der Waals surface area contributed by atoms with Crippen molar-refractivity contribution in [2.75, 3.05) is 5.01 Å². The number of aromatic hydroxyl groups is 1. The Kier molecular flexibility index (Phi) is 5.90. The van der Waals surface area contributed by atoms with Crippen LogP contribution in [0.25, 0.3) is 0 Å². The highest BCUT2D eigenvalue weighted by atomic mass is 16.3. The van der Waals surface area contributed by atoms with Crippen LogP contribution < -0.4 is 10.9 Å². The largest absolute Gasteiger partial charge is 0.506 e. The third-order valence-electron chi connectivity index (χ3n) is 3.29. The van der Waals surface area contributed by atoms with Gasteiger partial charge in [-0.05, 0) is 36.5 Å². The number of nitrogens with two attached hydrogens (primary N) is 1. The summed E-state index contributed by atoms with van der Waals surface area (Å²) in [5, 5.41) is 11.6. The maximum Gasteiger partial charge on any atom is 0.140 e. The molecule has 0 bridgehead atoms. The summed E-state index contributed by atoms with van der Waals surface area (Å²) in [5.41, 5.74) is 3.05. The first-order chi connectivity index (χ1) is 8.99. The fourth-order valence-corrected chi connectivity index (χ4v) is 2.04. The molecule has 0 fully saturated rings. The van der Waals surface area contributed by atoms with Gasteiger partial charge in [-0.2, -0.15) is 0 Å². The minimum Gasteiger partial charge on any atom is -0.506 e. The molecule has 0 radical (unpaired) electrons. The van der Waals surface area contributed by atoms with Crippen molar-refractivity contribution in [3.8, 4) is 5.75 Å². The fourth-order valence-electron chi connectivity index (χ4n) is 2.04. The molecule has 0 aliphatic heterocycles. The van der Waals surface area contributed by atoms with Crippen LogP contribution in [0.4, 0.5) is 5.69 Å². The molecule has 0 saturated carbocycles. The SMILES string of the molecule is CCC/C(=C\N(N)c1ccc(C(C)C)cc1O)CC. The van der Waals surface area contributed by atoms with Crippen molar-refractivity contribution in [1.82, 2.24) is 0 Å². The molecule has 3 N–H and O–H groups in total. The van der Waals surface area contributed by atoms with Crippen molar-refractivity contribution in [2.45, 2.75) is 52.9 Å². The van der Waals surface area contributed by atoms with Gasteiger partial charge in [0.25, 0.3) is 0 Å². The van der Waals surface area contributed by atoms with Crippen LogP contribution >= 0.6 is 0 Å². The van der Waals surface area contributed by atoms with Crippen LogP contribution in [0.2, 0.25) is 0 Å². The summed E-state index contributed by atoms with van der Waals surface area (Å²) in [4.78, 5) is 0. The highest BCUT2D eigenvalue weighted by Crippen LogP contribution is 2.30. The van der Waals surface area contributed by atoms with Crippen molar-refractivity contribution in [2.24, 2.45) is 5.84 Å². The minimum atomic E-state index is 0.233. The summed E-state index contributed by atoms with van der Waals surface area (Å²) in [6, 6.07) is 5.68. The lowest BCUT2D eigenvalue weighted by molar-refractivity contribution is 0.474. The maximum atomic E-state index is 10.1. The van der Waals surface area contributed by atoms with E-state index in [1.54, 1.807) is 6.07 Å². The third kappa shape index (κ3) is 4.28. The van der Waals surface area contributed by atoms with E-state index in [1.807, 2.05) is 18.3 Å². The first-order valence-electron chi connectivity index (χ1n) is 7.06. The van der Waals surface area contributed by atoms with E-state index in [4.69, 9.17) is 5.84 Å². The van der Waals surface area contributed by atoms with Gasteiger partial charge in [0.15, 0.2) is 0 Å². The zero-order valence-electron chi connectivity index (χ0n) is 12.5. The lowest BCUT2D eigenvalue weighted by Crippen LogP contribution is -2.25. The molecule has 0 heterocycles. The number of hydrogen-bond acceptors (Lipinski definition) is 3. The van der Waals surface area contributed by atoms with Gasteiger partial charge in [0.1, 0.15) is 5.75 Å². The van der Waals surface area contributed by atoms with Crippen molar-refractivity contribution >= 4 is 5.69 Å². The molecule has 1 aromatic carbocycles. The zero-order chi connectivity index (χ0) is 14.4. The fraction of sp³-hybridized carbons (Fsp3) is 0.500. The van der Waals surface area contributed by atoms with Crippen LogP contribution in [-0.4, -0.2) is 5.11 Å². The second kappa shape index (κ2) is 7.19. The monoisotopic (exact) mass is 262 g/mol. The van der Waals surface area contributed by atoms with E-state index >= 15 is 0 Å². The summed E-state index contributed by atoms with van der Waals surface area (Å²) in [5.74, 6) is 6.66. The molecular formula is C16H26N2O. The normalized spacial score (nSPS) is 12.0. The average Bonchev–Trinajstić information content (AvgIpc) is 2.37. The summed E-state index contributed by atoms with van der Waals surface area (Å²) in [7, 11) is 0. The minimum absolute atomic E-state index is 0.233. The molecule has 19 heavy (non-hydrogen) atoms. The summed E-state index contributed by atoms with van der Waals surface area (Å²) in [6.07, 6.45) is 5.04. The predicted octanol–water partition coefficient (Wildman–Crippen LogP) is 4.29. The van der Waals surface area contributed by atoms with Gasteiger partial charge < -0.3 is 5.11 Å². The topological polar surface area (TPSA) is 49.5 Å². The molecule has 0 saturated heterocycles. The van der Waals surface area contributed by atoms with E-state index in [9.17, 15) is 5.11 Å². The number of hydrazine groups is 1. The number of phenolic OH excluding ortho intramolecular Hbond substituents is 1. The van der Waals surface area contributed by atoms with Crippen molar-refractivity contribution in [3.63, 3.8) is 0 Å². The third-order valence-corrected chi connectivity index (χ3v) is 3.29. The molecule has 106 valence electrons. The first-order valence-corrected chi connectivity index (χ1v) is 7.06. The van der Waals surface area contributed by atoms with Gasteiger partial charge in [-0.1, -0.05) is 45.8 Å². The van der Waals surface area contributed by atoms with Crippen molar-refractivity contribution in [3.05, 3.63) is 35.5 Å². The number of hydrogen-bond donors (Lipinski definition) is 2. The van der Waals surface area contributed by atoms with Gasteiger partial charge >= 0.3 is 0 Å². The van der Waals surface area contributed by atoms with Gasteiger partial charge in [0.2, 0.25) is 0 Å². The standard InChI is InChI=1S/C16H26N2O/c1-5-7-13(6-2)11-18(17)15-9-8-14(12(3)4)10-16(15)19/h8-12,19H,5-7,17H2,1-4H3/b13-11-.